The smallest absolute Gasteiger partial charge is 0.331 e. The SMILES string of the molecule is C[C@@H]1CCCC[C@@H]1NC(=O)NC(=O)COC(=O)/C=C/c1cc(Cl)c2c(c1)OCO2. The molecule has 29 heavy (non-hydrogen) atoms. The maximum absolute atomic E-state index is 11.9. The number of carbonyl (C=O) groups is 3. The van der Waals surface area contributed by atoms with Crippen LogP contribution in [0.5, 0.6) is 11.5 Å². The minimum Gasteiger partial charge on any atom is -0.454 e. The Labute approximate surface area is 173 Å². The second-order valence-electron chi connectivity index (χ2n) is 7.07. The summed E-state index contributed by atoms with van der Waals surface area (Å²) in [6.45, 7) is 1.61. The van der Waals surface area contributed by atoms with Gasteiger partial charge in [0.05, 0.1) is 5.02 Å². The van der Waals surface area contributed by atoms with E-state index in [2.05, 4.69) is 17.6 Å². The molecule has 8 nitrogen and oxygen atoms in total. The molecule has 1 aromatic rings. The van der Waals surface area contributed by atoms with Crippen LogP contribution < -0.4 is 20.1 Å². The average Bonchev–Trinajstić information content (AvgIpc) is 3.16. The molecule has 1 saturated carbocycles. The number of urea groups is 1. The molecule has 0 spiro atoms. The van der Waals surface area contributed by atoms with Crippen LogP contribution in [0.15, 0.2) is 18.2 Å². The van der Waals surface area contributed by atoms with Crippen molar-refractivity contribution >= 4 is 35.6 Å². The molecule has 0 radical (unpaired) electrons. The van der Waals surface area contributed by atoms with Crippen molar-refractivity contribution in [2.75, 3.05) is 13.4 Å². The fraction of sp³-hybridized carbons (Fsp3) is 0.450. The van der Waals surface area contributed by atoms with E-state index in [9.17, 15) is 14.4 Å². The van der Waals surface area contributed by atoms with Crippen molar-refractivity contribution in [1.82, 2.24) is 10.6 Å². The number of carbonyl (C=O) groups excluding carboxylic acids is 3. The lowest BCUT2D eigenvalue weighted by molar-refractivity contribution is -0.143. The fourth-order valence-electron chi connectivity index (χ4n) is 3.33. The monoisotopic (exact) mass is 422 g/mol. The van der Waals surface area contributed by atoms with Gasteiger partial charge in [0.15, 0.2) is 18.1 Å². The van der Waals surface area contributed by atoms with Crippen molar-refractivity contribution in [1.29, 1.82) is 0 Å². The number of ether oxygens (including phenoxy) is 3. The molecular weight excluding hydrogens is 400 g/mol. The van der Waals surface area contributed by atoms with E-state index in [1.807, 2.05) is 0 Å². The van der Waals surface area contributed by atoms with Gasteiger partial charge in [0, 0.05) is 12.1 Å². The summed E-state index contributed by atoms with van der Waals surface area (Å²) >= 11 is 6.07. The van der Waals surface area contributed by atoms with Gasteiger partial charge >= 0.3 is 12.0 Å². The van der Waals surface area contributed by atoms with Crippen LogP contribution in [-0.4, -0.2) is 37.3 Å². The van der Waals surface area contributed by atoms with Crippen LogP contribution in [0.3, 0.4) is 0 Å². The maximum Gasteiger partial charge on any atom is 0.331 e. The lowest BCUT2D eigenvalue weighted by Gasteiger charge is -2.29. The molecule has 0 unspecified atom stereocenters. The lowest BCUT2D eigenvalue weighted by atomic mass is 9.86. The number of esters is 1. The van der Waals surface area contributed by atoms with Crippen molar-refractivity contribution in [3.8, 4) is 11.5 Å². The summed E-state index contributed by atoms with van der Waals surface area (Å²) in [6, 6.07) is 2.76. The summed E-state index contributed by atoms with van der Waals surface area (Å²) in [5.41, 5.74) is 0.613. The number of amides is 3. The van der Waals surface area contributed by atoms with Crippen molar-refractivity contribution < 1.29 is 28.6 Å². The Morgan fingerprint density at radius 1 is 1.24 bits per heavy atom. The van der Waals surface area contributed by atoms with Crippen LogP contribution in [0.2, 0.25) is 5.02 Å². The molecular formula is C20H23ClN2O6. The van der Waals surface area contributed by atoms with Crippen molar-refractivity contribution in [2.24, 2.45) is 5.92 Å². The van der Waals surface area contributed by atoms with E-state index in [1.54, 1.807) is 12.1 Å². The highest BCUT2D eigenvalue weighted by atomic mass is 35.5. The van der Waals surface area contributed by atoms with Crippen molar-refractivity contribution in [3.63, 3.8) is 0 Å². The molecule has 1 aliphatic heterocycles. The zero-order valence-electron chi connectivity index (χ0n) is 16.0. The molecule has 2 aliphatic rings. The fourth-order valence-corrected chi connectivity index (χ4v) is 3.60. The number of rotatable bonds is 5. The van der Waals surface area contributed by atoms with E-state index in [-0.39, 0.29) is 12.8 Å². The van der Waals surface area contributed by atoms with E-state index >= 15 is 0 Å². The van der Waals surface area contributed by atoms with Gasteiger partial charge in [-0.25, -0.2) is 9.59 Å². The van der Waals surface area contributed by atoms with E-state index in [1.165, 1.54) is 6.08 Å². The Bertz CT molecular complexity index is 825. The number of nitrogens with one attached hydrogen (secondary N) is 2. The van der Waals surface area contributed by atoms with Crippen LogP contribution in [0, 0.1) is 5.92 Å². The first-order chi connectivity index (χ1) is 13.9. The molecule has 156 valence electrons. The standard InChI is InChI=1S/C20H23ClN2O6/c1-12-4-2-3-5-15(12)22-20(26)23-17(24)10-27-18(25)7-6-13-8-14(21)19-16(9-13)28-11-29-19/h6-9,12,15H,2-5,10-11H2,1H3,(H2,22,23,24,26)/b7-6+/t12-,15+/m1/s1. The van der Waals surface area contributed by atoms with E-state index in [4.69, 9.17) is 25.8 Å². The molecule has 9 heteroatoms. The first-order valence-corrected chi connectivity index (χ1v) is 9.84. The topological polar surface area (TPSA) is 103 Å². The maximum atomic E-state index is 11.9. The van der Waals surface area contributed by atoms with Gasteiger partial charge in [-0.3, -0.25) is 10.1 Å². The molecule has 0 bridgehead atoms. The zero-order chi connectivity index (χ0) is 20.8. The molecule has 1 fully saturated rings. The number of imide groups is 1. The zero-order valence-corrected chi connectivity index (χ0v) is 16.8. The van der Waals surface area contributed by atoms with Crippen molar-refractivity contribution in [3.05, 3.63) is 28.8 Å². The third-order valence-corrected chi connectivity index (χ3v) is 5.17. The van der Waals surface area contributed by atoms with Crippen LogP contribution in [0.1, 0.15) is 38.2 Å². The minimum atomic E-state index is -0.727. The summed E-state index contributed by atoms with van der Waals surface area (Å²) < 4.78 is 15.3. The molecule has 1 aliphatic carbocycles. The largest absolute Gasteiger partial charge is 0.454 e. The first kappa shape index (κ1) is 21.0. The highest BCUT2D eigenvalue weighted by molar-refractivity contribution is 6.32. The van der Waals surface area contributed by atoms with Crippen molar-refractivity contribution in [2.45, 2.75) is 38.6 Å². The Morgan fingerprint density at radius 2 is 2.03 bits per heavy atom. The van der Waals surface area contributed by atoms with Crippen LogP contribution in [0.25, 0.3) is 6.08 Å². The summed E-state index contributed by atoms with van der Waals surface area (Å²) in [5, 5.41) is 5.34. The summed E-state index contributed by atoms with van der Waals surface area (Å²) in [5.74, 6) is -0.0986. The Morgan fingerprint density at radius 3 is 2.83 bits per heavy atom. The number of benzene rings is 1. The van der Waals surface area contributed by atoms with Gasteiger partial charge in [0.2, 0.25) is 6.79 Å². The van der Waals surface area contributed by atoms with Gasteiger partial charge < -0.3 is 19.5 Å². The second kappa shape index (κ2) is 9.65. The molecule has 0 aromatic heterocycles. The molecule has 1 heterocycles. The van der Waals surface area contributed by atoms with Crippen LogP contribution in [-0.2, 0) is 14.3 Å². The Hall–Kier alpha value is -2.74. The van der Waals surface area contributed by atoms with Gasteiger partial charge in [-0.05, 0) is 42.5 Å². The summed E-state index contributed by atoms with van der Waals surface area (Å²) in [4.78, 5) is 35.5. The van der Waals surface area contributed by atoms with E-state index < -0.39 is 24.5 Å². The third-order valence-electron chi connectivity index (χ3n) is 4.89. The van der Waals surface area contributed by atoms with Gasteiger partial charge in [-0.2, -0.15) is 0 Å². The number of hydrogen-bond acceptors (Lipinski definition) is 6. The third kappa shape index (κ3) is 5.87. The van der Waals surface area contributed by atoms with E-state index in [0.717, 1.165) is 31.8 Å². The lowest BCUT2D eigenvalue weighted by Crippen LogP contribution is -2.48. The van der Waals surface area contributed by atoms with Gasteiger partial charge in [-0.15, -0.1) is 0 Å². The highest BCUT2D eigenvalue weighted by Crippen LogP contribution is 2.40. The van der Waals surface area contributed by atoms with E-state index in [0.29, 0.717) is 28.0 Å². The van der Waals surface area contributed by atoms with Crippen LogP contribution >= 0.6 is 11.6 Å². The van der Waals surface area contributed by atoms with Gasteiger partial charge in [0.25, 0.3) is 5.91 Å². The summed E-state index contributed by atoms with van der Waals surface area (Å²) in [6.07, 6.45) is 6.80. The molecule has 1 aromatic carbocycles. The molecule has 3 amide bonds. The number of halogens is 1. The quantitative estimate of drug-likeness (QED) is 0.558. The average molecular weight is 423 g/mol. The van der Waals surface area contributed by atoms with Crippen LogP contribution in [0.4, 0.5) is 4.79 Å². The van der Waals surface area contributed by atoms with Gasteiger partial charge in [0.1, 0.15) is 0 Å². The summed E-state index contributed by atoms with van der Waals surface area (Å²) in [7, 11) is 0. The highest BCUT2D eigenvalue weighted by Gasteiger charge is 2.23. The molecule has 2 N–H and O–H groups in total. The number of fused-ring (bicyclic) bond motifs is 1. The Kier molecular flexibility index (Phi) is 6.98. The predicted octanol–water partition coefficient (Wildman–Crippen LogP) is 3.03. The molecule has 3 rings (SSSR count). The van der Waals surface area contributed by atoms with Gasteiger partial charge in [-0.1, -0.05) is 31.4 Å². The molecule has 2 atom stereocenters. The molecule has 0 saturated heterocycles. The normalized spacial score (nSPS) is 20.3. The predicted molar refractivity (Wildman–Crippen MR) is 106 cm³/mol. The number of hydrogen-bond donors (Lipinski definition) is 2. The first-order valence-electron chi connectivity index (χ1n) is 9.46. The second-order valence-corrected chi connectivity index (χ2v) is 7.47. The minimum absolute atomic E-state index is 0.0514. The Balaban J connectivity index is 1.42.